The summed E-state index contributed by atoms with van der Waals surface area (Å²) in [5.74, 6) is 0.928. The van der Waals surface area contributed by atoms with E-state index >= 15 is 0 Å². The molecule has 1 unspecified atom stereocenters. The molecular weight excluding hydrogens is 412 g/mol. The quantitative estimate of drug-likeness (QED) is 0.675. The number of rotatable bonds is 3. The highest BCUT2D eigenvalue weighted by atomic mass is 35.5. The summed E-state index contributed by atoms with van der Waals surface area (Å²) in [5, 5.41) is 5.34. The average molecular weight is 439 g/mol. The summed E-state index contributed by atoms with van der Waals surface area (Å²) < 4.78 is 1.83. The zero-order valence-electron chi connectivity index (χ0n) is 17.7. The molecule has 4 heterocycles. The predicted molar refractivity (Wildman–Crippen MR) is 122 cm³/mol. The normalized spacial score (nSPS) is 21.8. The van der Waals surface area contributed by atoms with E-state index < -0.39 is 0 Å². The van der Waals surface area contributed by atoms with Crippen molar-refractivity contribution in [2.45, 2.75) is 44.7 Å². The molecule has 2 aliphatic rings. The van der Waals surface area contributed by atoms with Crippen LogP contribution in [0.5, 0.6) is 0 Å². The van der Waals surface area contributed by atoms with Gasteiger partial charge in [-0.2, -0.15) is 0 Å². The van der Waals surface area contributed by atoms with E-state index in [9.17, 15) is 4.79 Å². The van der Waals surface area contributed by atoms with Crippen molar-refractivity contribution < 1.29 is 4.79 Å². The van der Waals surface area contributed by atoms with Gasteiger partial charge in [-0.05, 0) is 62.4 Å². The number of amides is 1. The summed E-state index contributed by atoms with van der Waals surface area (Å²) in [6.45, 7) is 4.41. The maximum atomic E-state index is 13.4. The number of hydrogen-bond donors (Lipinski definition) is 1. The van der Waals surface area contributed by atoms with Crippen molar-refractivity contribution in [3.8, 4) is 0 Å². The number of nitrogens with two attached hydrogens (primary N) is 1. The Bertz CT molecular complexity index is 1130. The molecule has 2 fully saturated rings. The maximum Gasteiger partial charge on any atom is 0.254 e. The molecule has 2 aliphatic heterocycles. The van der Waals surface area contributed by atoms with Gasteiger partial charge in [0.05, 0.1) is 17.9 Å². The van der Waals surface area contributed by atoms with Crippen molar-refractivity contribution in [1.29, 1.82) is 0 Å². The van der Waals surface area contributed by atoms with Crippen molar-refractivity contribution in [2.75, 3.05) is 24.5 Å². The van der Waals surface area contributed by atoms with Gasteiger partial charge in [0.15, 0.2) is 5.65 Å². The molecule has 31 heavy (non-hydrogen) atoms. The lowest BCUT2D eigenvalue weighted by atomic mass is 9.97. The van der Waals surface area contributed by atoms with Crippen molar-refractivity contribution >= 4 is 29.0 Å². The molecule has 2 saturated heterocycles. The second-order valence-corrected chi connectivity index (χ2v) is 9.06. The van der Waals surface area contributed by atoms with Gasteiger partial charge in [0.2, 0.25) is 0 Å². The van der Waals surface area contributed by atoms with Crippen LogP contribution >= 0.6 is 11.6 Å². The molecule has 0 radical (unpaired) electrons. The second-order valence-electron chi connectivity index (χ2n) is 8.62. The Kier molecular flexibility index (Phi) is 5.32. The summed E-state index contributed by atoms with van der Waals surface area (Å²) in [4.78, 5) is 22.4. The third-order valence-electron chi connectivity index (χ3n) is 6.41. The van der Waals surface area contributed by atoms with E-state index in [-0.39, 0.29) is 18.0 Å². The van der Waals surface area contributed by atoms with Gasteiger partial charge in [-0.3, -0.25) is 4.79 Å². The van der Waals surface area contributed by atoms with Crippen LogP contribution in [0, 0.1) is 6.92 Å². The molecule has 1 amide bonds. The van der Waals surface area contributed by atoms with Crippen LogP contribution < -0.4 is 10.6 Å². The number of aryl methyl sites for hydroxylation is 1. The monoisotopic (exact) mass is 438 g/mol. The molecule has 0 aliphatic carbocycles. The third kappa shape index (κ3) is 3.88. The first-order valence-corrected chi connectivity index (χ1v) is 11.3. The highest BCUT2D eigenvalue weighted by molar-refractivity contribution is 6.31. The molecule has 7 nitrogen and oxygen atoms in total. The van der Waals surface area contributed by atoms with Crippen molar-refractivity contribution in [2.24, 2.45) is 5.73 Å². The number of fused-ring (bicyclic) bond motifs is 1. The lowest BCUT2D eigenvalue weighted by molar-refractivity contribution is 0.0606. The molecule has 2 N–H and O–H groups in total. The van der Waals surface area contributed by atoms with E-state index in [0.717, 1.165) is 61.5 Å². The van der Waals surface area contributed by atoms with Gasteiger partial charge in [-0.15, -0.1) is 5.10 Å². The van der Waals surface area contributed by atoms with Gasteiger partial charge >= 0.3 is 0 Å². The zero-order chi connectivity index (χ0) is 21.5. The molecule has 162 valence electrons. The van der Waals surface area contributed by atoms with Crippen LogP contribution in [-0.4, -0.2) is 51.1 Å². The summed E-state index contributed by atoms with van der Waals surface area (Å²) in [6, 6.07) is 9.62. The van der Waals surface area contributed by atoms with Crippen molar-refractivity contribution in [3.05, 3.63) is 58.4 Å². The largest absolute Gasteiger partial charge is 0.354 e. The Morgan fingerprint density at radius 2 is 2.03 bits per heavy atom. The Labute approximate surface area is 186 Å². The minimum absolute atomic E-state index is 0.0152. The number of anilines is 1. The van der Waals surface area contributed by atoms with E-state index in [0.29, 0.717) is 17.1 Å². The van der Waals surface area contributed by atoms with Crippen LogP contribution in [0.25, 0.3) is 5.65 Å². The van der Waals surface area contributed by atoms with E-state index in [2.05, 4.69) is 4.90 Å². The van der Waals surface area contributed by atoms with Crippen LogP contribution in [-0.2, 0) is 0 Å². The minimum atomic E-state index is -0.0648. The topological polar surface area (TPSA) is 79.8 Å². The number of halogens is 1. The Morgan fingerprint density at radius 1 is 1.16 bits per heavy atom. The van der Waals surface area contributed by atoms with E-state index in [4.69, 9.17) is 27.4 Å². The maximum absolute atomic E-state index is 13.4. The number of hydrogen-bond acceptors (Lipinski definition) is 5. The lowest BCUT2D eigenvalue weighted by Gasteiger charge is -2.35. The molecule has 0 bridgehead atoms. The van der Waals surface area contributed by atoms with E-state index in [1.165, 1.54) is 0 Å². The van der Waals surface area contributed by atoms with Gasteiger partial charge in [0.25, 0.3) is 5.91 Å². The number of carbonyl (C=O) groups excluding carboxylic acids is 1. The Morgan fingerprint density at radius 3 is 2.84 bits per heavy atom. The molecule has 0 saturated carbocycles. The molecule has 5 rings (SSSR count). The van der Waals surface area contributed by atoms with Gasteiger partial charge in [0.1, 0.15) is 5.82 Å². The van der Waals surface area contributed by atoms with Gasteiger partial charge in [-0.1, -0.05) is 17.7 Å². The summed E-state index contributed by atoms with van der Waals surface area (Å²) in [6.07, 6.45) is 5.91. The van der Waals surface area contributed by atoms with Crippen LogP contribution in [0.4, 0.5) is 5.82 Å². The molecule has 8 heteroatoms. The van der Waals surface area contributed by atoms with Gasteiger partial charge in [-0.25, -0.2) is 9.50 Å². The third-order valence-corrected chi connectivity index (χ3v) is 6.64. The van der Waals surface area contributed by atoms with Gasteiger partial charge < -0.3 is 15.5 Å². The molecule has 1 aromatic carbocycles. The SMILES string of the molecule is Cc1ccc(Cl)cc1C(=O)N1CCCC[C@H]1c1cn2nc(N3CCC(N)C3)ccc2n1. The lowest BCUT2D eigenvalue weighted by Crippen LogP contribution is -2.39. The Hall–Kier alpha value is -2.64. The smallest absolute Gasteiger partial charge is 0.254 e. The first-order chi connectivity index (χ1) is 15.0. The van der Waals surface area contributed by atoms with Crippen LogP contribution in [0.2, 0.25) is 5.02 Å². The van der Waals surface area contributed by atoms with E-state index in [1.54, 1.807) is 6.07 Å². The average Bonchev–Trinajstić information content (AvgIpc) is 3.40. The van der Waals surface area contributed by atoms with E-state index in [1.807, 2.05) is 46.8 Å². The molecular formula is C23H27ClN6O. The highest BCUT2D eigenvalue weighted by Crippen LogP contribution is 2.33. The fourth-order valence-corrected chi connectivity index (χ4v) is 4.85. The number of imidazole rings is 1. The summed E-state index contributed by atoms with van der Waals surface area (Å²) in [7, 11) is 0. The first kappa shape index (κ1) is 20.3. The molecule has 2 aromatic heterocycles. The summed E-state index contributed by atoms with van der Waals surface area (Å²) in [5.41, 5.74) is 9.32. The first-order valence-electron chi connectivity index (χ1n) is 10.9. The van der Waals surface area contributed by atoms with Crippen LogP contribution in [0.3, 0.4) is 0 Å². The number of carbonyl (C=O) groups is 1. The van der Waals surface area contributed by atoms with Crippen molar-refractivity contribution in [1.82, 2.24) is 19.5 Å². The number of nitrogens with zero attached hydrogens (tertiary/aromatic N) is 5. The standard InChI is InChI=1S/C23H27ClN6O/c1-15-5-6-16(24)12-18(15)23(31)29-10-3-2-4-20(29)19-14-30-21(26-19)7-8-22(27-30)28-11-9-17(25)13-28/h5-8,12,14,17,20H,2-4,9-11,13,25H2,1H3/t17?,20-/m0/s1. The summed E-state index contributed by atoms with van der Waals surface area (Å²) >= 11 is 6.18. The zero-order valence-corrected chi connectivity index (χ0v) is 18.4. The fraction of sp³-hybridized carbons (Fsp3) is 0.435. The predicted octanol–water partition coefficient (Wildman–Crippen LogP) is 3.60. The van der Waals surface area contributed by atoms with Crippen LogP contribution in [0.15, 0.2) is 36.5 Å². The fourth-order valence-electron chi connectivity index (χ4n) is 4.68. The number of benzene rings is 1. The number of piperidine rings is 1. The molecule has 0 spiro atoms. The second kappa shape index (κ2) is 8.13. The number of aromatic nitrogens is 3. The van der Waals surface area contributed by atoms with Gasteiger partial charge in [0, 0.05) is 36.3 Å². The molecule has 3 aromatic rings. The minimum Gasteiger partial charge on any atom is -0.354 e. The van der Waals surface area contributed by atoms with Crippen LogP contribution in [0.1, 0.15) is 53.3 Å². The number of likely N-dealkylation sites (tertiary alicyclic amines) is 1. The molecule has 2 atom stereocenters. The Balaban J connectivity index is 1.45. The highest BCUT2D eigenvalue weighted by Gasteiger charge is 2.31. The van der Waals surface area contributed by atoms with Crippen molar-refractivity contribution in [3.63, 3.8) is 0 Å².